The van der Waals surface area contributed by atoms with Crippen LogP contribution in [0.4, 0.5) is 11.5 Å². The average Bonchev–Trinajstić information content (AvgIpc) is 2.74. The van der Waals surface area contributed by atoms with Crippen molar-refractivity contribution in [2.75, 3.05) is 11.9 Å². The fraction of sp³-hybridized carbons (Fsp3) is 0.571. The number of anilines is 1. The molecule has 0 bridgehead atoms. The topological polar surface area (TPSA) is 96.6 Å². The number of hydrogen-bond acceptors (Lipinski definition) is 5. The van der Waals surface area contributed by atoms with Gasteiger partial charge in [0.15, 0.2) is 5.69 Å². The van der Waals surface area contributed by atoms with Crippen LogP contribution in [0.3, 0.4) is 0 Å². The van der Waals surface area contributed by atoms with Crippen LogP contribution in [0, 0.1) is 10.1 Å². The van der Waals surface area contributed by atoms with Crippen LogP contribution in [0.25, 0.3) is 0 Å². The molecule has 0 spiro atoms. The van der Waals surface area contributed by atoms with Crippen molar-refractivity contribution >= 4 is 17.5 Å². The number of carboxylic acids is 1. The third kappa shape index (κ3) is 3.48. The van der Waals surface area contributed by atoms with Crippen LogP contribution in [0.2, 0.25) is 0 Å². The Morgan fingerprint density at radius 1 is 1.33 bits per heavy atom. The van der Waals surface area contributed by atoms with E-state index in [1.54, 1.807) is 11.9 Å². The molecule has 0 radical (unpaired) electrons. The first-order chi connectivity index (χ1) is 10.0. The third-order valence-electron chi connectivity index (χ3n) is 3.98. The minimum absolute atomic E-state index is 0.145. The number of hydrogen-bond donors (Lipinski definition) is 1. The van der Waals surface area contributed by atoms with Crippen molar-refractivity contribution in [1.82, 2.24) is 4.98 Å². The number of carboxylic acid groups (broad SMARTS) is 1. The second-order valence-corrected chi connectivity index (χ2v) is 5.36. The Balaban J connectivity index is 2.36. The Labute approximate surface area is 122 Å². The first kappa shape index (κ1) is 15.2. The summed E-state index contributed by atoms with van der Waals surface area (Å²) in [6, 6.07) is 2.56. The quantitative estimate of drug-likeness (QED) is 0.521. The van der Waals surface area contributed by atoms with E-state index in [0.717, 1.165) is 25.7 Å². The van der Waals surface area contributed by atoms with Gasteiger partial charge in [-0.05, 0) is 18.9 Å². The Hall–Kier alpha value is -2.18. The summed E-state index contributed by atoms with van der Waals surface area (Å²) in [6.07, 6.45) is 6.42. The Kier molecular flexibility index (Phi) is 4.72. The van der Waals surface area contributed by atoms with Gasteiger partial charge in [0.25, 0.3) is 0 Å². The summed E-state index contributed by atoms with van der Waals surface area (Å²) >= 11 is 0. The largest absolute Gasteiger partial charge is 0.477 e. The molecule has 21 heavy (non-hydrogen) atoms. The normalized spacial score (nSPS) is 16.2. The third-order valence-corrected chi connectivity index (χ3v) is 3.98. The molecule has 0 aromatic carbocycles. The average molecular weight is 293 g/mol. The minimum Gasteiger partial charge on any atom is -0.477 e. The minimum atomic E-state index is -1.18. The van der Waals surface area contributed by atoms with Gasteiger partial charge in [0.1, 0.15) is 0 Å². The molecule has 0 unspecified atom stereocenters. The van der Waals surface area contributed by atoms with Gasteiger partial charge < -0.3 is 10.0 Å². The molecule has 0 aliphatic heterocycles. The number of nitro groups is 1. The Bertz CT molecular complexity index is 539. The van der Waals surface area contributed by atoms with Gasteiger partial charge in [-0.2, -0.15) is 0 Å². The summed E-state index contributed by atoms with van der Waals surface area (Å²) in [5, 5.41) is 20.2. The van der Waals surface area contributed by atoms with Crippen LogP contribution >= 0.6 is 0 Å². The monoisotopic (exact) mass is 293 g/mol. The van der Waals surface area contributed by atoms with Crippen LogP contribution in [-0.2, 0) is 0 Å². The first-order valence-corrected chi connectivity index (χ1v) is 7.12. The molecule has 2 rings (SSSR count). The Morgan fingerprint density at radius 3 is 2.48 bits per heavy atom. The van der Waals surface area contributed by atoms with E-state index in [9.17, 15) is 14.9 Å². The summed E-state index contributed by atoms with van der Waals surface area (Å²) in [6.45, 7) is 0. The SMILES string of the molecule is CN(c1nc(C(=O)O)ccc1[N+](=O)[O-])C1CCCCCC1. The van der Waals surface area contributed by atoms with E-state index < -0.39 is 10.9 Å². The molecule has 1 aromatic rings. The number of rotatable bonds is 4. The molecule has 1 aliphatic rings. The fourth-order valence-electron chi connectivity index (χ4n) is 2.78. The zero-order valence-corrected chi connectivity index (χ0v) is 12.0. The van der Waals surface area contributed by atoms with Crippen molar-refractivity contribution in [3.05, 3.63) is 27.9 Å². The molecule has 1 fully saturated rings. The standard InChI is InChI=1S/C14H19N3O4/c1-16(10-6-4-2-3-5-7-10)13-12(17(20)21)9-8-11(15-13)14(18)19/h8-10H,2-7H2,1H3,(H,18,19). The van der Waals surface area contributed by atoms with Crippen molar-refractivity contribution in [3.63, 3.8) is 0 Å². The van der Waals surface area contributed by atoms with E-state index in [1.165, 1.54) is 25.0 Å². The summed E-state index contributed by atoms with van der Waals surface area (Å²) in [7, 11) is 1.76. The van der Waals surface area contributed by atoms with Crippen LogP contribution in [-0.4, -0.2) is 34.1 Å². The molecule has 1 heterocycles. The van der Waals surface area contributed by atoms with E-state index in [2.05, 4.69) is 4.98 Å². The highest BCUT2D eigenvalue weighted by Crippen LogP contribution is 2.30. The molecular weight excluding hydrogens is 274 g/mol. The predicted octanol–water partition coefficient (Wildman–Crippen LogP) is 2.85. The van der Waals surface area contributed by atoms with Crippen LogP contribution < -0.4 is 4.90 Å². The van der Waals surface area contributed by atoms with Gasteiger partial charge in [-0.25, -0.2) is 9.78 Å². The highest BCUT2D eigenvalue weighted by atomic mass is 16.6. The molecule has 0 amide bonds. The van der Waals surface area contributed by atoms with Gasteiger partial charge in [0, 0.05) is 19.2 Å². The van der Waals surface area contributed by atoms with Crippen molar-refractivity contribution in [3.8, 4) is 0 Å². The van der Waals surface area contributed by atoms with Crippen LogP contribution in [0.5, 0.6) is 0 Å². The van der Waals surface area contributed by atoms with Gasteiger partial charge in [0.2, 0.25) is 5.82 Å². The lowest BCUT2D eigenvalue weighted by Gasteiger charge is -2.27. The van der Waals surface area contributed by atoms with Gasteiger partial charge in [-0.3, -0.25) is 10.1 Å². The lowest BCUT2D eigenvalue weighted by atomic mass is 10.1. The van der Waals surface area contributed by atoms with Crippen molar-refractivity contribution < 1.29 is 14.8 Å². The van der Waals surface area contributed by atoms with Gasteiger partial charge >= 0.3 is 11.7 Å². The highest BCUT2D eigenvalue weighted by molar-refractivity contribution is 5.86. The number of nitrogens with zero attached hydrogens (tertiary/aromatic N) is 3. The lowest BCUT2D eigenvalue weighted by Crippen LogP contribution is -2.32. The maximum absolute atomic E-state index is 11.1. The predicted molar refractivity (Wildman–Crippen MR) is 77.7 cm³/mol. The van der Waals surface area contributed by atoms with E-state index in [0.29, 0.717) is 0 Å². The number of aromatic carboxylic acids is 1. The Morgan fingerprint density at radius 2 is 1.95 bits per heavy atom. The second-order valence-electron chi connectivity index (χ2n) is 5.36. The molecule has 0 atom stereocenters. The van der Waals surface area contributed by atoms with Gasteiger partial charge in [-0.15, -0.1) is 0 Å². The zero-order valence-electron chi connectivity index (χ0n) is 12.0. The number of aromatic nitrogens is 1. The summed E-state index contributed by atoms with van der Waals surface area (Å²) in [5.74, 6) is -1.03. The molecule has 1 N–H and O–H groups in total. The lowest BCUT2D eigenvalue weighted by molar-refractivity contribution is -0.384. The fourth-order valence-corrected chi connectivity index (χ4v) is 2.78. The second kappa shape index (κ2) is 6.51. The van der Waals surface area contributed by atoms with E-state index in [-0.39, 0.29) is 23.2 Å². The molecule has 7 heteroatoms. The summed E-state index contributed by atoms with van der Waals surface area (Å²) in [4.78, 5) is 27.4. The highest BCUT2D eigenvalue weighted by Gasteiger charge is 2.26. The smallest absolute Gasteiger partial charge is 0.354 e. The molecule has 7 nitrogen and oxygen atoms in total. The number of pyridine rings is 1. The zero-order chi connectivity index (χ0) is 15.4. The molecule has 1 aromatic heterocycles. The van der Waals surface area contributed by atoms with Gasteiger partial charge in [-0.1, -0.05) is 25.7 Å². The first-order valence-electron chi connectivity index (χ1n) is 7.12. The molecule has 1 saturated carbocycles. The van der Waals surface area contributed by atoms with Crippen molar-refractivity contribution in [2.45, 2.75) is 44.6 Å². The van der Waals surface area contributed by atoms with E-state index >= 15 is 0 Å². The number of carbonyl (C=O) groups is 1. The molecule has 0 saturated heterocycles. The molecule has 1 aliphatic carbocycles. The molecular formula is C14H19N3O4. The maximum atomic E-state index is 11.1. The summed E-state index contributed by atoms with van der Waals surface area (Å²) in [5.41, 5.74) is -0.317. The van der Waals surface area contributed by atoms with Crippen LogP contribution in [0.1, 0.15) is 49.0 Å². The van der Waals surface area contributed by atoms with Gasteiger partial charge in [0.05, 0.1) is 4.92 Å². The van der Waals surface area contributed by atoms with E-state index in [4.69, 9.17) is 5.11 Å². The van der Waals surface area contributed by atoms with Crippen molar-refractivity contribution in [2.24, 2.45) is 0 Å². The maximum Gasteiger partial charge on any atom is 0.354 e. The summed E-state index contributed by atoms with van der Waals surface area (Å²) < 4.78 is 0. The van der Waals surface area contributed by atoms with Crippen molar-refractivity contribution in [1.29, 1.82) is 0 Å². The molecule has 114 valence electrons. The van der Waals surface area contributed by atoms with Crippen LogP contribution in [0.15, 0.2) is 12.1 Å². The van der Waals surface area contributed by atoms with E-state index in [1.807, 2.05) is 0 Å².